The summed E-state index contributed by atoms with van der Waals surface area (Å²) in [4.78, 5) is 34.1. The van der Waals surface area contributed by atoms with E-state index in [1.54, 1.807) is 0 Å². The lowest BCUT2D eigenvalue weighted by Gasteiger charge is -2.11. The first kappa shape index (κ1) is 11.7. The fraction of sp³-hybridized carbons (Fsp3) is 0.700. The largest absolute Gasteiger partial charge is 0.449 e. The van der Waals surface area contributed by atoms with Crippen molar-refractivity contribution in [2.45, 2.75) is 39.0 Å². The van der Waals surface area contributed by atoms with Crippen molar-refractivity contribution in [1.29, 1.82) is 0 Å². The molecule has 5 nitrogen and oxygen atoms in total. The van der Waals surface area contributed by atoms with Crippen LogP contribution in [0.5, 0.6) is 0 Å². The molecular formula is C10H15NO4. The van der Waals surface area contributed by atoms with Crippen molar-refractivity contribution in [3.8, 4) is 0 Å². The number of nitrogens with zero attached hydrogens (tertiary/aromatic N) is 1. The van der Waals surface area contributed by atoms with Crippen molar-refractivity contribution in [3.05, 3.63) is 0 Å². The number of carbonyl (C=O) groups is 3. The van der Waals surface area contributed by atoms with Crippen molar-refractivity contribution in [2.24, 2.45) is 0 Å². The third-order valence-electron chi connectivity index (χ3n) is 2.21. The van der Waals surface area contributed by atoms with Gasteiger partial charge in [-0.2, -0.15) is 4.90 Å². The first-order chi connectivity index (χ1) is 7.16. The number of likely N-dealkylation sites (tertiary alicyclic amines) is 1. The summed E-state index contributed by atoms with van der Waals surface area (Å²) in [7, 11) is 0. The Morgan fingerprint density at radius 3 is 2.40 bits per heavy atom. The molecule has 3 amide bonds. The minimum absolute atomic E-state index is 0.114. The van der Waals surface area contributed by atoms with Crippen LogP contribution < -0.4 is 0 Å². The van der Waals surface area contributed by atoms with Gasteiger partial charge in [-0.15, -0.1) is 0 Å². The van der Waals surface area contributed by atoms with E-state index < -0.39 is 17.9 Å². The Hall–Kier alpha value is -1.39. The maximum atomic E-state index is 11.3. The number of hydrogen-bond donors (Lipinski definition) is 0. The van der Waals surface area contributed by atoms with Gasteiger partial charge in [0.1, 0.15) is 0 Å². The molecule has 0 spiro atoms. The molecule has 1 saturated heterocycles. The summed E-state index contributed by atoms with van der Waals surface area (Å²) in [5.41, 5.74) is 0. The number of hydrogen-bond acceptors (Lipinski definition) is 4. The zero-order chi connectivity index (χ0) is 11.3. The molecule has 1 heterocycles. The molecule has 0 aromatic carbocycles. The van der Waals surface area contributed by atoms with Gasteiger partial charge in [-0.3, -0.25) is 9.59 Å². The molecule has 0 saturated carbocycles. The summed E-state index contributed by atoms with van der Waals surface area (Å²) in [6.45, 7) is 2.30. The quantitative estimate of drug-likeness (QED) is 0.524. The molecule has 84 valence electrons. The third kappa shape index (κ3) is 3.04. The molecule has 1 aliphatic rings. The molecule has 0 bridgehead atoms. The average Bonchev–Trinajstić information content (AvgIpc) is 2.53. The van der Waals surface area contributed by atoms with Gasteiger partial charge in [-0.1, -0.05) is 19.8 Å². The van der Waals surface area contributed by atoms with Crippen molar-refractivity contribution >= 4 is 17.9 Å². The molecule has 0 aromatic heterocycles. The molecule has 1 aliphatic heterocycles. The highest BCUT2D eigenvalue weighted by Gasteiger charge is 2.35. The number of ether oxygens (including phenoxy) is 1. The van der Waals surface area contributed by atoms with Crippen LogP contribution in [0.15, 0.2) is 0 Å². The lowest BCUT2D eigenvalue weighted by atomic mass is 10.3. The van der Waals surface area contributed by atoms with Gasteiger partial charge in [0, 0.05) is 12.8 Å². The molecule has 1 rings (SSSR count). The van der Waals surface area contributed by atoms with E-state index in [1.165, 1.54) is 0 Å². The van der Waals surface area contributed by atoms with Gasteiger partial charge in [0.2, 0.25) is 11.8 Å². The molecule has 0 aliphatic carbocycles. The molecule has 0 N–H and O–H groups in total. The van der Waals surface area contributed by atoms with Gasteiger partial charge >= 0.3 is 6.09 Å². The number of carbonyl (C=O) groups excluding carboxylic acids is 3. The van der Waals surface area contributed by atoms with E-state index in [-0.39, 0.29) is 19.4 Å². The van der Waals surface area contributed by atoms with Gasteiger partial charge in [0.05, 0.1) is 6.61 Å². The summed E-state index contributed by atoms with van der Waals surface area (Å²) < 4.78 is 4.81. The van der Waals surface area contributed by atoms with Crippen LogP contribution >= 0.6 is 0 Å². The Labute approximate surface area is 88.4 Å². The van der Waals surface area contributed by atoms with Crippen LogP contribution in [0, 0.1) is 0 Å². The third-order valence-corrected chi connectivity index (χ3v) is 2.21. The molecular weight excluding hydrogens is 198 g/mol. The minimum Gasteiger partial charge on any atom is -0.449 e. The maximum Gasteiger partial charge on any atom is 0.423 e. The summed E-state index contributed by atoms with van der Waals surface area (Å²) in [5, 5.41) is 0. The van der Waals surface area contributed by atoms with Gasteiger partial charge in [-0.05, 0) is 6.42 Å². The Morgan fingerprint density at radius 1 is 1.27 bits per heavy atom. The topological polar surface area (TPSA) is 63.7 Å². The molecule has 0 radical (unpaired) electrons. The van der Waals surface area contributed by atoms with Crippen molar-refractivity contribution in [3.63, 3.8) is 0 Å². The molecule has 1 fully saturated rings. The Kier molecular flexibility index (Phi) is 4.27. The van der Waals surface area contributed by atoms with E-state index in [4.69, 9.17) is 4.74 Å². The summed E-state index contributed by atoms with van der Waals surface area (Å²) >= 11 is 0. The van der Waals surface area contributed by atoms with E-state index in [0.29, 0.717) is 4.90 Å². The normalized spacial score (nSPS) is 15.9. The fourth-order valence-corrected chi connectivity index (χ4v) is 1.36. The first-order valence-electron chi connectivity index (χ1n) is 5.19. The summed E-state index contributed by atoms with van der Waals surface area (Å²) in [5.74, 6) is -0.916. The van der Waals surface area contributed by atoms with E-state index >= 15 is 0 Å². The molecule has 0 atom stereocenters. The average molecular weight is 213 g/mol. The standard InChI is InChI=1S/C10H15NO4/c1-2-3-4-7-15-10(14)11-8(12)5-6-9(11)13/h2-7H2,1H3. The predicted molar refractivity (Wildman–Crippen MR) is 52.0 cm³/mol. The lowest BCUT2D eigenvalue weighted by molar-refractivity contribution is -0.136. The molecule has 0 unspecified atom stereocenters. The van der Waals surface area contributed by atoms with Crippen LogP contribution in [-0.2, 0) is 14.3 Å². The van der Waals surface area contributed by atoms with E-state index in [1.807, 2.05) is 6.92 Å². The van der Waals surface area contributed by atoms with E-state index in [2.05, 4.69) is 0 Å². The zero-order valence-electron chi connectivity index (χ0n) is 8.82. The molecule has 5 heteroatoms. The van der Waals surface area contributed by atoms with Gasteiger partial charge in [-0.25, -0.2) is 4.79 Å². The van der Waals surface area contributed by atoms with Crippen molar-refractivity contribution < 1.29 is 19.1 Å². The van der Waals surface area contributed by atoms with Crippen LogP contribution in [0.2, 0.25) is 0 Å². The Balaban J connectivity index is 2.33. The van der Waals surface area contributed by atoms with E-state index in [9.17, 15) is 14.4 Å². The number of rotatable bonds is 4. The van der Waals surface area contributed by atoms with Crippen LogP contribution in [0.1, 0.15) is 39.0 Å². The SMILES string of the molecule is CCCCCOC(=O)N1C(=O)CCC1=O. The maximum absolute atomic E-state index is 11.3. The van der Waals surface area contributed by atoms with Crippen molar-refractivity contribution in [2.75, 3.05) is 6.61 Å². The number of unbranched alkanes of at least 4 members (excludes halogenated alkanes) is 2. The fourth-order valence-electron chi connectivity index (χ4n) is 1.36. The van der Waals surface area contributed by atoms with E-state index in [0.717, 1.165) is 19.3 Å². The highest BCUT2D eigenvalue weighted by molar-refractivity contribution is 6.13. The highest BCUT2D eigenvalue weighted by atomic mass is 16.6. The summed E-state index contributed by atoms with van der Waals surface area (Å²) in [6, 6.07) is 0. The van der Waals surface area contributed by atoms with Crippen LogP contribution in [-0.4, -0.2) is 29.4 Å². The Bertz CT molecular complexity index is 259. The van der Waals surface area contributed by atoms with Gasteiger partial charge in [0.15, 0.2) is 0 Å². The van der Waals surface area contributed by atoms with Crippen molar-refractivity contribution in [1.82, 2.24) is 4.90 Å². The smallest absolute Gasteiger partial charge is 0.423 e. The van der Waals surface area contributed by atoms with Gasteiger partial charge in [0.25, 0.3) is 0 Å². The molecule has 15 heavy (non-hydrogen) atoms. The zero-order valence-corrected chi connectivity index (χ0v) is 8.82. The van der Waals surface area contributed by atoms with Gasteiger partial charge < -0.3 is 4.74 Å². The van der Waals surface area contributed by atoms with Crippen LogP contribution in [0.25, 0.3) is 0 Å². The summed E-state index contributed by atoms with van der Waals surface area (Å²) in [6.07, 6.45) is 2.16. The monoisotopic (exact) mass is 213 g/mol. The number of imide groups is 3. The second-order valence-electron chi connectivity index (χ2n) is 3.44. The highest BCUT2D eigenvalue weighted by Crippen LogP contribution is 2.13. The lowest BCUT2D eigenvalue weighted by Crippen LogP contribution is -2.36. The second-order valence-corrected chi connectivity index (χ2v) is 3.44. The van der Waals surface area contributed by atoms with Crippen LogP contribution in [0.4, 0.5) is 4.79 Å². The Morgan fingerprint density at radius 2 is 1.87 bits per heavy atom. The first-order valence-corrected chi connectivity index (χ1v) is 5.19. The second kappa shape index (κ2) is 5.48. The van der Waals surface area contributed by atoms with Crippen LogP contribution in [0.3, 0.4) is 0 Å². The number of amides is 3. The molecule has 0 aromatic rings. The predicted octanol–water partition coefficient (Wildman–Crippen LogP) is 1.46. The minimum atomic E-state index is -0.821.